The molecule has 0 aliphatic heterocycles. The number of nitrogens with two attached hydrogens (primary N) is 1. The molecule has 100 valence electrons. The molecule has 2 N–H and O–H groups in total. The fourth-order valence-electron chi connectivity index (χ4n) is 2.39. The van der Waals surface area contributed by atoms with Gasteiger partial charge >= 0.3 is 0 Å². The molecule has 3 nitrogen and oxygen atoms in total. The number of rotatable bonds is 2. The molecule has 1 heterocycles. The maximum Gasteiger partial charge on any atom is 0.116 e. The van der Waals surface area contributed by atoms with Crippen LogP contribution in [-0.2, 0) is 0 Å². The van der Waals surface area contributed by atoms with Gasteiger partial charge in [0.15, 0.2) is 0 Å². The number of anilines is 1. The first-order chi connectivity index (χ1) is 9.65. The van der Waals surface area contributed by atoms with Gasteiger partial charge < -0.3 is 5.73 Å². The van der Waals surface area contributed by atoms with Gasteiger partial charge in [-0.25, -0.2) is 4.68 Å². The summed E-state index contributed by atoms with van der Waals surface area (Å²) < 4.78 is 1.85. The Morgan fingerprint density at radius 1 is 1.00 bits per heavy atom. The van der Waals surface area contributed by atoms with Gasteiger partial charge in [0.25, 0.3) is 0 Å². The predicted octanol–water partition coefficient (Wildman–Crippen LogP) is 3.74. The van der Waals surface area contributed by atoms with Crippen molar-refractivity contribution in [1.29, 1.82) is 0 Å². The summed E-state index contributed by atoms with van der Waals surface area (Å²) in [6.45, 7) is 4.17. The summed E-state index contributed by atoms with van der Waals surface area (Å²) in [7, 11) is 0. The molecule has 0 amide bonds. The van der Waals surface area contributed by atoms with Gasteiger partial charge in [-0.3, -0.25) is 0 Å². The van der Waals surface area contributed by atoms with Crippen molar-refractivity contribution in [3.63, 3.8) is 0 Å². The highest BCUT2D eigenvalue weighted by atomic mass is 15.3. The van der Waals surface area contributed by atoms with Crippen LogP contribution in [0.2, 0.25) is 0 Å². The highest BCUT2D eigenvalue weighted by Gasteiger charge is 2.10. The van der Waals surface area contributed by atoms with Crippen LogP contribution in [0.3, 0.4) is 0 Å². The van der Waals surface area contributed by atoms with E-state index in [9.17, 15) is 0 Å². The standard InChI is InChI=1S/C17H17N3/c1-12-8-9-16(13(2)10-12)20-11-15(18)17(19-20)14-6-4-3-5-7-14/h3-11H,18H2,1-2H3. The summed E-state index contributed by atoms with van der Waals surface area (Å²) in [5.41, 5.74) is 12.2. The zero-order valence-corrected chi connectivity index (χ0v) is 11.7. The normalized spacial score (nSPS) is 10.7. The average molecular weight is 263 g/mol. The van der Waals surface area contributed by atoms with E-state index in [0.717, 1.165) is 16.9 Å². The number of nitrogen functional groups attached to an aromatic ring is 1. The van der Waals surface area contributed by atoms with Crippen LogP contribution in [0.25, 0.3) is 16.9 Å². The number of nitrogens with zero attached hydrogens (tertiary/aromatic N) is 2. The van der Waals surface area contributed by atoms with Crippen molar-refractivity contribution in [2.75, 3.05) is 5.73 Å². The molecule has 0 aliphatic carbocycles. The Morgan fingerprint density at radius 3 is 2.45 bits per heavy atom. The Bertz CT molecular complexity index is 742. The minimum absolute atomic E-state index is 0.691. The summed E-state index contributed by atoms with van der Waals surface area (Å²) in [5.74, 6) is 0. The highest BCUT2D eigenvalue weighted by molar-refractivity contribution is 5.72. The molecule has 0 spiro atoms. The molecule has 0 fully saturated rings. The topological polar surface area (TPSA) is 43.8 Å². The van der Waals surface area contributed by atoms with Gasteiger partial charge in [-0.15, -0.1) is 0 Å². The van der Waals surface area contributed by atoms with E-state index in [-0.39, 0.29) is 0 Å². The van der Waals surface area contributed by atoms with Crippen molar-refractivity contribution in [3.05, 3.63) is 65.9 Å². The fourth-order valence-corrected chi connectivity index (χ4v) is 2.39. The number of aryl methyl sites for hydroxylation is 2. The molecule has 0 atom stereocenters. The van der Waals surface area contributed by atoms with Crippen LogP contribution in [0.4, 0.5) is 5.69 Å². The number of aromatic nitrogens is 2. The first-order valence-electron chi connectivity index (χ1n) is 6.63. The second-order valence-corrected chi connectivity index (χ2v) is 5.03. The van der Waals surface area contributed by atoms with Gasteiger partial charge in [-0.05, 0) is 25.5 Å². The molecule has 0 saturated heterocycles. The SMILES string of the molecule is Cc1ccc(-n2cc(N)c(-c3ccccc3)n2)c(C)c1. The van der Waals surface area contributed by atoms with Crippen LogP contribution < -0.4 is 5.73 Å². The van der Waals surface area contributed by atoms with E-state index in [1.165, 1.54) is 11.1 Å². The van der Waals surface area contributed by atoms with Gasteiger partial charge in [-0.2, -0.15) is 5.10 Å². The predicted molar refractivity (Wildman–Crippen MR) is 82.9 cm³/mol. The Balaban J connectivity index is 2.09. The van der Waals surface area contributed by atoms with Crippen LogP contribution in [0.5, 0.6) is 0 Å². The molecule has 0 saturated carbocycles. The maximum absolute atomic E-state index is 6.11. The van der Waals surface area contributed by atoms with Crippen molar-refractivity contribution in [3.8, 4) is 16.9 Å². The highest BCUT2D eigenvalue weighted by Crippen LogP contribution is 2.26. The van der Waals surface area contributed by atoms with Crippen LogP contribution in [0.15, 0.2) is 54.7 Å². The quantitative estimate of drug-likeness (QED) is 0.765. The van der Waals surface area contributed by atoms with Crippen molar-refractivity contribution in [2.45, 2.75) is 13.8 Å². The maximum atomic E-state index is 6.11. The van der Waals surface area contributed by atoms with Crippen molar-refractivity contribution < 1.29 is 0 Å². The second kappa shape index (κ2) is 4.85. The number of benzene rings is 2. The first kappa shape index (κ1) is 12.5. The average Bonchev–Trinajstić information content (AvgIpc) is 2.81. The van der Waals surface area contributed by atoms with E-state index in [2.05, 4.69) is 37.1 Å². The molecule has 2 aromatic carbocycles. The van der Waals surface area contributed by atoms with E-state index in [0.29, 0.717) is 5.69 Å². The lowest BCUT2D eigenvalue weighted by Gasteiger charge is -2.06. The number of hydrogen-bond donors (Lipinski definition) is 1. The van der Waals surface area contributed by atoms with Crippen molar-refractivity contribution >= 4 is 5.69 Å². The lowest BCUT2D eigenvalue weighted by Crippen LogP contribution is -1.98. The summed E-state index contributed by atoms with van der Waals surface area (Å²) >= 11 is 0. The Morgan fingerprint density at radius 2 is 1.75 bits per heavy atom. The molecule has 0 aliphatic rings. The molecular formula is C17H17N3. The Kier molecular flexibility index (Phi) is 3.03. The largest absolute Gasteiger partial charge is 0.396 e. The van der Waals surface area contributed by atoms with E-state index in [4.69, 9.17) is 5.73 Å². The summed E-state index contributed by atoms with van der Waals surface area (Å²) in [4.78, 5) is 0. The third kappa shape index (κ3) is 2.18. The van der Waals surface area contributed by atoms with Crippen LogP contribution in [0, 0.1) is 13.8 Å². The smallest absolute Gasteiger partial charge is 0.116 e. The van der Waals surface area contributed by atoms with E-state index < -0.39 is 0 Å². The molecule has 1 aromatic heterocycles. The van der Waals surface area contributed by atoms with Gasteiger partial charge in [0.2, 0.25) is 0 Å². The summed E-state index contributed by atoms with van der Waals surface area (Å²) in [6, 6.07) is 16.3. The van der Waals surface area contributed by atoms with Gasteiger partial charge in [0.05, 0.1) is 17.6 Å². The summed E-state index contributed by atoms with van der Waals surface area (Å²) in [5, 5.41) is 4.63. The molecule has 0 unspecified atom stereocenters. The first-order valence-corrected chi connectivity index (χ1v) is 6.63. The number of hydrogen-bond acceptors (Lipinski definition) is 2. The molecule has 0 radical (unpaired) electrons. The van der Waals surface area contributed by atoms with Crippen LogP contribution in [0.1, 0.15) is 11.1 Å². The zero-order chi connectivity index (χ0) is 14.1. The molecule has 3 rings (SSSR count). The lowest BCUT2D eigenvalue weighted by molar-refractivity contribution is 0.876. The van der Waals surface area contributed by atoms with Gasteiger partial charge in [-0.1, -0.05) is 48.0 Å². The monoisotopic (exact) mass is 263 g/mol. The van der Waals surface area contributed by atoms with Gasteiger partial charge in [0.1, 0.15) is 5.69 Å². The van der Waals surface area contributed by atoms with Crippen molar-refractivity contribution in [1.82, 2.24) is 9.78 Å². The van der Waals surface area contributed by atoms with Crippen LogP contribution >= 0.6 is 0 Å². The molecule has 20 heavy (non-hydrogen) atoms. The van der Waals surface area contributed by atoms with Crippen molar-refractivity contribution in [2.24, 2.45) is 0 Å². The molecule has 0 bridgehead atoms. The second-order valence-electron chi connectivity index (χ2n) is 5.03. The minimum Gasteiger partial charge on any atom is -0.396 e. The Labute approximate surface area is 118 Å². The van der Waals surface area contributed by atoms with E-state index in [1.54, 1.807) is 0 Å². The van der Waals surface area contributed by atoms with Gasteiger partial charge in [0, 0.05) is 5.56 Å². The van der Waals surface area contributed by atoms with E-state index in [1.807, 2.05) is 41.2 Å². The minimum atomic E-state index is 0.691. The fraction of sp³-hybridized carbons (Fsp3) is 0.118. The third-order valence-corrected chi connectivity index (χ3v) is 3.39. The van der Waals surface area contributed by atoms with E-state index >= 15 is 0 Å². The zero-order valence-electron chi connectivity index (χ0n) is 11.7. The molecular weight excluding hydrogens is 246 g/mol. The molecule has 3 heteroatoms. The molecule has 3 aromatic rings. The Hall–Kier alpha value is -2.55. The van der Waals surface area contributed by atoms with Crippen LogP contribution in [-0.4, -0.2) is 9.78 Å². The lowest BCUT2D eigenvalue weighted by atomic mass is 10.1. The third-order valence-electron chi connectivity index (χ3n) is 3.39. The summed E-state index contributed by atoms with van der Waals surface area (Å²) in [6.07, 6.45) is 1.88.